The van der Waals surface area contributed by atoms with Crippen molar-refractivity contribution in [2.24, 2.45) is 50.2 Å². The van der Waals surface area contributed by atoms with Crippen LogP contribution in [0.4, 0.5) is 0 Å². The molecule has 2 saturated heterocycles. The molecular weight excluding hydrogens is 744 g/mol. The van der Waals surface area contributed by atoms with Crippen molar-refractivity contribution in [2.75, 3.05) is 19.8 Å². The van der Waals surface area contributed by atoms with Crippen molar-refractivity contribution in [1.29, 1.82) is 0 Å². The molecule has 57 heavy (non-hydrogen) atoms. The summed E-state index contributed by atoms with van der Waals surface area (Å²) in [6.07, 6.45) is -10.4. The molecule has 5 aliphatic carbocycles. The standard InChI is InChI=1S/C42H68O15/c1-37(2)11-13-42(36(53)57-35-32(30(50)28(48)24(18-44)55-35)56-34-31(51)29(49)27(47)23(17-43)54-34)14-12-40(5)20(21(42)15-37)7-8-26-38(3)16-22(46)33(52)39(4,19-45)25(38)9-10-41(26,40)6/h7,21-35,43-52H,8-19H2,1-6H3/t21-,22-,23+,24+,25+,26+,27+,28+,29-,30-,31+,32+,33-,34-,35-,38-,39-,40+,41+,42-/m0/s1. The Morgan fingerprint density at radius 1 is 0.737 bits per heavy atom. The summed E-state index contributed by atoms with van der Waals surface area (Å²) in [6, 6.07) is 0. The number of aliphatic hydroxyl groups is 10. The van der Waals surface area contributed by atoms with E-state index >= 15 is 4.79 Å². The average Bonchev–Trinajstić information content (AvgIpc) is 3.16. The summed E-state index contributed by atoms with van der Waals surface area (Å²) in [5.74, 6) is -0.665. The number of fused-ring (bicyclic) bond motifs is 7. The van der Waals surface area contributed by atoms with Crippen molar-refractivity contribution in [3.8, 4) is 0 Å². The van der Waals surface area contributed by atoms with Gasteiger partial charge in [0.15, 0.2) is 12.4 Å². The molecular formula is C42H68O15. The number of ether oxygens (including phenoxy) is 4. The highest BCUT2D eigenvalue weighted by atomic mass is 16.8. The van der Waals surface area contributed by atoms with Crippen LogP contribution in [0.1, 0.15) is 99.3 Å². The van der Waals surface area contributed by atoms with E-state index in [1.165, 1.54) is 5.57 Å². The van der Waals surface area contributed by atoms with Gasteiger partial charge >= 0.3 is 5.97 Å². The number of allylic oxidation sites excluding steroid dienone is 2. The van der Waals surface area contributed by atoms with Gasteiger partial charge in [0.1, 0.15) is 42.7 Å². The van der Waals surface area contributed by atoms with Crippen molar-refractivity contribution in [3.63, 3.8) is 0 Å². The fourth-order valence-corrected chi connectivity index (χ4v) is 13.6. The average molecular weight is 813 g/mol. The third kappa shape index (κ3) is 6.43. The molecule has 0 radical (unpaired) electrons. The number of rotatable bonds is 7. The molecule has 4 saturated carbocycles. The van der Waals surface area contributed by atoms with Gasteiger partial charge in [0.25, 0.3) is 0 Å². The lowest BCUT2D eigenvalue weighted by molar-refractivity contribution is -0.363. The zero-order valence-electron chi connectivity index (χ0n) is 34.2. The molecule has 0 bridgehead atoms. The number of carbonyl (C=O) groups is 1. The smallest absolute Gasteiger partial charge is 0.315 e. The third-order valence-electron chi connectivity index (χ3n) is 17.3. The second-order valence-electron chi connectivity index (χ2n) is 20.7. The maximum atomic E-state index is 15.0. The summed E-state index contributed by atoms with van der Waals surface area (Å²) < 4.78 is 23.5. The Morgan fingerprint density at radius 3 is 1.98 bits per heavy atom. The molecule has 0 unspecified atom stereocenters. The minimum atomic E-state index is -1.85. The number of carbonyl (C=O) groups excluding carboxylic acids is 1. The predicted molar refractivity (Wildman–Crippen MR) is 200 cm³/mol. The summed E-state index contributed by atoms with van der Waals surface area (Å²) >= 11 is 0. The van der Waals surface area contributed by atoms with Gasteiger partial charge in [-0.3, -0.25) is 4.79 Å². The monoisotopic (exact) mass is 812 g/mol. The fraction of sp³-hybridized carbons (Fsp3) is 0.929. The second-order valence-corrected chi connectivity index (χ2v) is 20.7. The largest absolute Gasteiger partial charge is 0.432 e. The molecule has 6 fully saturated rings. The molecule has 0 aromatic carbocycles. The van der Waals surface area contributed by atoms with Crippen LogP contribution in [0.3, 0.4) is 0 Å². The highest BCUT2D eigenvalue weighted by Crippen LogP contribution is 2.76. The lowest BCUT2D eigenvalue weighted by Crippen LogP contribution is -2.68. The minimum Gasteiger partial charge on any atom is -0.432 e. The van der Waals surface area contributed by atoms with E-state index in [1.807, 2.05) is 6.92 Å². The molecule has 20 atom stereocenters. The molecule has 7 aliphatic rings. The summed E-state index contributed by atoms with van der Waals surface area (Å²) in [7, 11) is 0. The Morgan fingerprint density at radius 2 is 1.35 bits per heavy atom. The Bertz CT molecular complexity index is 1540. The van der Waals surface area contributed by atoms with Gasteiger partial charge in [0.2, 0.25) is 6.29 Å². The van der Waals surface area contributed by atoms with Gasteiger partial charge in [-0.05, 0) is 97.2 Å². The van der Waals surface area contributed by atoms with Gasteiger partial charge in [-0.2, -0.15) is 0 Å². The molecule has 7 rings (SSSR count). The van der Waals surface area contributed by atoms with Gasteiger partial charge in [0, 0.05) is 5.41 Å². The first-order valence-electron chi connectivity index (χ1n) is 21.1. The van der Waals surface area contributed by atoms with E-state index in [0.29, 0.717) is 38.5 Å². The lowest BCUT2D eigenvalue weighted by atomic mass is 9.33. The van der Waals surface area contributed by atoms with E-state index in [4.69, 9.17) is 18.9 Å². The van der Waals surface area contributed by atoms with Gasteiger partial charge < -0.3 is 70.0 Å². The maximum Gasteiger partial charge on any atom is 0.315 e. The lowest BCUT2D eigenvalue weighted by Gasteiger charge is -2.71. The van der Waals surface area contributed by atoms with Gasteiger partial charge in [0.05, 0.1) is 37.4 Å². The van der Waals surface area contributed by atoms with Crippen LogP contribution >= 0.6 is 0 Å². The molecule has 0 amide bonds. The molecule has 2 aliphatic heterocycles. The molecule has 10 N–H and O–H groups in total. The zero-order chi connectivity index (χ0) is 41.8. The fourth-order valence-electron chi connectivity index (χ4n) is 13.6. The third-order valence-corrected chi connectivity index (χ3v) is 17.3. The van der Waals surface area contributed by atoms with Gasteiger partial charge in [-0.15, -0.1) is 0 Å². The van der Waals surface area contributed by atoms with Crippen molar-refractivity contribution in [1.82, 2.24) is 0 Å². The number of hydrogen-bond donors (Lipinski definition) is 10. The number of hydrogen-bond acceptors (Lipinski definition) is 15. The molecule has 15 nitrogen and oxygen atoms in total. The highest BCUT2D eigenvalue weighted by molar-refractivity contribution is 5.79. The van der Waals surface area contributed by atoms with Crippen LogP contribution in [0, 0.1) is 50.2 Å². The predicted octanol–water partition coefficient (Wildman–Crippen LogP) is 0.260. The van der Waals surface area contributed by atoms with E-state index in [1.54, 1.807) is 0 Å². The van der Waals surface area contributed by atoms with E-state index < -0.39 is 104 Å². The van der Waals surface area contributed by atoms with Crippen molar-refractivity contribution in [3.05, 3.63) is 11.6 Å². The maximum absolute atomic E-state index is 15.0. The highest BCUT2D eigenvalue weighted by Gasteiger charge is 2.71. The summed E-state index contributed by atoms with van der Waals surface area (Å²) in [6.45, 7) is 11.6. The topological polar surface area (TPSA) is 256 Å². The Balaban J connectivity index is 1.21. The van der Waals surface area contributed by atoms with E-state index in [9.17, 15) is 51.1 Å². The van der Waals surface area contributed by atoms with Crippen molar-refractivity contribution in [2.45, 2.75) is 173 Å². The normalized spacial score (nSPS) is 54.7. The Labute approximate surface area is 335 Å². The van der Waals surface area contributed by atoms with Crippen molar-refractivity contribution >= 4 is 5.97 Å². The second kappa shape index (κ2) is 14.9. The summed E-state index contributed by atoms with van der Waals surface area (Å²) in [5.41, 5.74) is -1.68. The van der Waals surface area contributed by atoms with Crippen LogP contribution < -0.4 is 0 Å². The number of esters is 1. The SMILES string of the molecule is CC1(C)CC[C@]2(C(=O)O[C@@H]3O[C@H](CO)[C@@H](O)[C@H](O)[C@H]3O[C@@H]3O[C@H](CO)[C@@H](O)[C@H](O)[C@H]3O)CC[C@]3(C)C(=CC[C@@H]4[C@@]5(C)C[C@H](O)[C@H](O)[C@@](C)(CO)[C@@H]5CC[C@]43C)[C@@H]2C1. The molecule has 15 heteroatoms. The first kappa shape index (κ1) is 43.8. The Kier molecular flexibility index (Phi) is 11.5. The van der Waals surface area contributed by atoms with E-state index in [0.717, 1.165) is 19.3 Å². The van der Waals surface area contributed by atoms with Crippen LogP contribution in [-0.4, -0.2) is 150 Å². The van der Waals surface area contributed by atoms with Crippen LogP contribution in [0.15, 0.2) is 11.6 Å². The molecule has 0 aromatic rings. The first-order valence-corrected chi connectivity index (χ1v) is 21.1. The van der Waals surface area contributed by atoms with Crippen LogP contribution in [0.2, 0.25) is 0 Å². The summed E-state index contributed by atoms with van der Waals surface area (Å²) in [4.78, 5) is 15.0. The Hall–Kier alpha value is -1.31. The minimum absolute atomic E-state index is 0.00144. The number of aliphatic hydroxyl groups excluding tert-OH is 10. The summed E-state index contributed by atoms with van der Waals surface area (Å²) in [5, 5.41) is 106. The molecule has 326 valence electrons. The van der Waals surface area contributed by atoms with Crippen molar-refractivity contribution < 1.29 is 74.8 Å². The zero-order valence-corrected chi connectivity index (χ0v) is 34.2. The van der Waals surface area contributed by atoms with E-state index in [2.05, 4.69) is 40.7 Å². The van der Waals surface area contributed by atoms with E-state index in [-0.39, 0.29) is 46.0 Å². The van der Waals surface area contributed by atoms with Crippen LogP contribution in [0.25, 0.3) is 0 Å². The quantitative estimate of drug-likeness (QED) is 0.122. The molecule has 0 aromatic heterocycles. The van der Waals surface area contributed by atoms with Crippen LogP contribution in [0.5, 0.6) is 0 Å². The van der Waals surface area contributed by atoms with Gasteiger partial charge in [-0.1, -0.05) is 53.2 Å². The van der Waals surface area contributed by atoms with Crippen LogP contribution in [-0.2, 0) is 23.7 Å². The van der Waals surface area contributed by atoms with Gasteiger partial charge in [-0.25, -0.2) is 0 Å². The molecule has 0 spiro atoms. The first-order chi connectivity index (χ1) is 26.6. The molecule has 2 heterocycles.